The van der Waals surface area contributed by atoms with Gasteiger partial charge in [0.25, 0.3) is 0 Å². The number of hydrogen-bond donors (Lipinski definition) is 10. The minimum absolute atomic E-state index is 0. The molecule has 0 aromatic carbocycles. The first-order chi connectivity index (χ1) is 15.8. The maximum atomic E-state index is 10.5. The first-order valence-electron chi connectivity index (χ1n) is 10.6. The summed E-state index contributed by atoms with van der Waals surface area (Å²) in [6.07, 6.45) is 3.33. The van der Waals surface area contributed by atoms with Crippen molar-refractivity contribution in [2.45, 2.75) is 64.1 Å². The Labute approximate surface area is 207 Å². The molecule has 0 bridgehead atoms. The van der Waals surface area contributed by atoms with E-state index in [4.69, 9.17) is 38.3 Å². The number of nitrogens with two attached hydrogens (primary N) is 4. The quantitative estimate of drug-likeness (QED) is 0.0667. The molecule has 3 unspecified atom stereocenters. The molecule has 14 N–H and O–H groups in total. The van der Waals surface area contributed by atoms with Crippen LogP contribution in [-0.4, -0.2) is 97.5 Å². The molecule has 0 fully saturated rings. The van der Waals surface area contributed by atoms with Gasteiger partial charge in [0, 0.05) is 20.6 Å². The van der Waals surface area contributed by atoms with E-state index < -0.39 is 36.0 Å². The topological polar surface area (TPSA) is 282 Å². The van der Waals surface area contributed by atoms with Gasteiger partial charge in [0.05, 0.1) is 6.42 Å². The number of unbranched alkanes of at least 4 members (excludes halogenated alkanes) is 1. The molecule has 0 aliphatic carbocycles. The van der Waals surface area contributed by atoms with Gasteiger partial charge in [-0.2, -0.15) is 0 Å². The van der Waals surface area contributed by atoms with E-state index in [1.807, 2.05) is 7.05 Å². The second-order valence-electron chi connectivity index (χ2n) is 6.99. The van der Waals surface area contributed by atoms with Crippen molar-refractivity contribution in [2.75, 3.05) is 34.2 Å². The van der Waals surface area contributed by atoms with Crippen LogP contribution in [0.25, 0.3) is 0 Å². The Bertz CT molecular complexity index is 620. The highest BCUT2D eigenvalue weighted by molar-refractivity contribution is 5.83. The van der Waals surface area contributed by atoms with Gasteiger partial charge < -0.3 is 54.2 Å². The van der Waals surface area contributed by atoms with Gasteiger partial charge in [-0.15, -0.1) is 0 Å². The van der Waals surface area contributed by atoms with Crippen LogP contribution in [0.1, 0.15) is 46.0 Å². The predicted molar refractivity (Wildman–Crippen MR) is 135 cm³/mol. The van der Waals surface area contributed by atoms with Gasteiger partial charge in [0.1, 0.15) is 18.1 Å². The van der Waals surface area contributed by atoms with Crippen molar-refractivity contribution in [3.05, 3.63) is 0 Å². The lowest BCUT2D eigenvalue weighted by Gasteiger charge is -2.07. The van der Waals surface area contributed by atoms with E-state index in [1.165, 1.54) is 7.05 Å². The number of carbonyl (C=O) groups excluding carboxylic acids is 1. The average Bonchev–Trinajstić information content (AvgIpc) is 2.79. The van der Waals surface area contributed by atoms with Crippen molar-refractivity contribution in [1.29, 1.82) is 0 Å². The van der Waals surface area contributed by atoms with Crippen LogP contribution in [0, 0.1) is 0 Å². The number of hydrogen-bond acceptors (Lipinski definition) is 9. The highest BCUT2D eigenvalue weighted by atomic mass is 16.4. The lowest BCUT2D eigenvalue weighted by molar-refractivity contribution is -0.140. The third-order valence-corrected chi connectivity index (χ3v) is 4.07. The number of aliphatic imine (C=N–C) groups is 1. The molecular weight excluding hydrogens is 464 g/mol. The molecule has 0 aromatic heterocycles. The van der Waals surface area contributed by atoms with E-state index in [0.717, 1.165) is 19.4 Å². The van der Waals surface area contributed by atoms with Crippen molar-refractivity contribution < 1.29 is 34.5 Å². The van der Waals surface area contributed by atoms with Gasteiger partial charge in [-0.25, -0.2) is 0 Å². The molecule has 0 aliphatic rings. The Kier molecular flexibility index (Phi) is 28.7. The van der Waals surface area contributed by atoms with Crippen LogP contribution in [0.3, 0.4) is 0 Å². The fourth-order valence-electron chi connectivity index (χ4n) is 1.92. The molecule has 0 radical (unpaired) electrons. The van der Waals surface area contributed by atoms with E-state index in [9.17, 15) is 19.2 Å². The number of carboxylic acid groups (broad SMARTS) is 3. The summed E-state index contributed by atoms with van der Waals surface area (Å²) in [6.45, 7) is 1.51. The number of aliphatic carboxylic acids is 3. The molecule has 0 spiro atoms. The monoisotopic (exact) mass is 510 g/mol. The Morgan fingerprint density at radius 1 is 0.800 bits per heavy atom. The molecule has 0 saturated carbocycles. The van der Waals surface area contributed by atoms with Gasteiger partial charge in [0.2, 0.25) is 5.91 Å². The first-order valence-corrected chi connectivity index (χ1v) is 10.6. The largest absolute Gasteiger partial charge is 0.480 e. The summed E-state index contributed by atoms with van der Waals surface area (Å²) in [5.41, 5.74) is 20.9. The molecule has 3 atom stereocenters. The second kappa shape index (κ2) is 25.6. The van der Waals surface area contributed by atoms with Crippen molar-refractivity contribution in [1.82, 2.24) is 16.0 Å². The van der Waals surface area contributed by atoms with Gasteiger partial charge in [0.15, 0.2) is 5.96 Å². The summed E-state index contributed by atoms with van der Waals surface area (Å²) >= 11 is 0. The lowest BCUT2D eigenvalue weighted by Crippen LogP contribution is -2.35. The zero-order chi connectivity index (χ0) is 27.1. The number of carbonyl (C=O) groups is 4. The number of rotatable bonds is 14. The molecule has 15 heteroatoms. The van der Waals surface area contributed by atoms with Crippen molar-refractivity contribution in [3.63, 3.8) is 0 Å². The van der Waals surface area contributed by atoms with Crippen molar-refractivity contribution in [3.8, 4) is 0 Å². The van der Waals surface area contributed by atoms with Gasteiger partial charge in [-0.05, 0) is 39.3 Å². The Hall–Kier alpha value is -3.01. The Balaban J connectivity index is -0.000000205. The molecule has 1 amide bonds. The first kappa shape index (κ1) is 39.2. The van der Waals surface area contributed by atoms with E-state index in [1.54, 1.807) is 7.05 Å². The normalized spacial score (nSPS) is 12.7. The Morgan fingerprint density at radius 2 is 1.26 bits per heavy atom. The summed E-state index contributed by atoms with van der Waals surface area (Å²) < 4.78 is 0. The number of guanidine groups is 1. The average molecular weight is 511 g/mol. The van der Waals surface area contributed by atoms with Crippen molar-refractivity contribution in [2.24, 2.45) is 27.9 Å². The maximum absolute atomic E-state index is 10.5. The van der Waals surface area contributed by atoms with Crippen LogP contribution in [0.4, 0.5) is 0 Å². The zero-order valence-electron chi connectivity index (χ0n) is 20.1. The van der Waals surface area contributed by atoms with E-state index in [-0.39, 0.29) is 19.8 Å². The van der Waals surface area contributed by atoms with Crippen LogP contribution in [0.15, 0.2) is 4.99 Å². The number of nitrogens with one attached hydrogen (secondary N) is 3. The Morgan fingerprint density at radius 3 is 1.63 bits per heavy atom. The smallest absolute Gasteiger partial charge is 0.321 e. The zero-order valence-corrected chi connectivity index (χ0v) is 20.1. The van der Waals surface area contributed by atoms with Crippen LogP contribution < -0.4 is 38.9 Å². The van der Waals surface area contributed by atoms with Gasteiger partial charge in [-0.3, -0.25) is 24.2 Å². The maximum Gasteiger partial charge on any atom is 0.321 e. The minimum atomic E-state index is -1.16. The van der Waals surface area contributed by atoms with Crippen LogP contribution in [0.2, 0.25) is 0 Å². The SMILES string of the molecule is C.CN=C(N)NCCCC(N)C(=O)O.CNC(=O)CC(N)C(=O)O.CNCCCCC(N)C(=O)O. The minimum Gasteiger partial charge on any atom is -0.480 e. The predicted octanol–water partition coefficient (Wildman–Crippen LogP) is -2.33. The number of nitrogens with zero attached hydrogens (tertiary/aromatic N) is 1. The van der Waals surface area contributed by atoms with E-state index in [2.05, 4.69) is 20.9 Å². The van der Waals surface area contributed by atoms with Crippen LogP contribution >= 0.6 is 0 Å². The summed E-state index contributed by atoms with van der Waals surface area (Å²) in [6, 6.07) is -2.58. The molecular formula is C20H46N8O7. The fraction of sp³-hybridized carbons (Fsp3) is 0.750. The molecule has 0 aromatic rings. The molecule has 15 nitrogen and oxygen atoms in total. The summed E-state index contributed by atoms with van der Waals surface area (Å²) in [5.74, 6) is -3.06. The van der Waals surface area contributed by atoms with Gasteiger partial charge >= 0.3 is 17.9 Å². The van der Waals surface area contributed by atoms with E-state index >= 15 is 0 Å². The molecule has 0 saturated heterocycles. The summed E-state index contributed by atoms with van der Waals surface area (Å²) in [7, 11) is 4.87. The highest BCUT2D eigenvalue weighted by Crippen LogP contribution is 1.97. The number of carboxylic acids is 3. The third-order valence-electron chi connectivity index (χ3n) is 4.07. The lowest BCUT2D eigenvalue weighted by atomic mass is 10.1. The summed E-state index contributed by atoms with van der Waals surface area (Å²) in [5, 5.41) is 33.1. The fourth-order valence-corrected chi connectivity index (χ4v) is 1.92. The molecule has 0 aliphatic heterocycles. The van der Waals surface area contributed by atoms with Crippen LogP contribution in [-0.2, 0) is 19.2 Å². The summed E-state index contributed by atoms with van der Waals surface area (Å²) in [4.78, 5) is 44.7. The second-order valence-corrected chi connectivity index (χ2v) is 6.99. The van der Waals surface area contributed by atoms with Crippen molar-refractivity contribution >= 4 is 29.8 Å². The molecule has 208 valence electrons. The number of amides is 1. The third kappa shape index (κ3) is 29.0. The van der Waals surface area contributed by atoms with E-state index in [0.29, 0.717) is 31.8 Å². The molecule has 35 heavy (non-hydrogen) atoms. The highest BCUT2D eigenvalue weighted by Gasteiger charge is 2.14. The molecule has 0 heterocycles. The van der Waals surface area contributed by atoms with Gasteiger partial charge in [-0.1, -0.05) is 13.8 Å². The standard InChI is InChI=1S/C7H16N4O2.C7H16N2O2.C5H10N2O3.CH4/c1-10-7(9)11-4-2-3-5(8)6(12)13;1-9-5-3-2-4-6(8)7(10)11;1-7-4(8)2-3(6)5(9)10;/h5H,2-4,8H2,1H3,(H,12,13)(H3,9,10,11);6,9H,2-5,8H2,1H3,(H,10,11);3H,2,6H2,1H3,(H,7,8)(H,9,10);1H4. The van der Waals surface area contributed by atoms with Crippen LogP contribution in [0.5, 0.6) is 0 Å². The molecule has 0 rings (SSSR count).